The quantitative estimate of drug-likeness (QED) is 0.292. The molecule has 0 aliphatic heterocycles. The van der Waals surface area contributed by atoms with E-state index in [2.05, 4.69) is 18.5 Å². The lowest BCUT2D eigenvalue weighted by molar-refractivity contribution is -0.159. The van der Waals surface area contributed by atoms with E-state index in [9.17, 15) is 14.7 Å². The molecule has 0 spiro atoms. The zero-order valence-electron chi connectivity index (χ0n) is 22.8. The molecule has 2 aromatic rings. The lowest BCUT2D eigenvalue weighted by atomic mass is 9.66. The van der Waals surface area contributed by atoms with Gasteiger partial charge in [0, 0.05) is 24.6 Å². The van der Waals surface area contributed by atoms with Crippen LogP contribution in [0.1, 0.15) is 30.4 Å². The highest BCUT2D eigenvalue weighted by Crippen LogP contribution is 2.47. The second-order valence-electron chi connectivity index (χ2n) is 9.46. The van der Waals surface area contributed by atoms with Crippen LogP contribution in [0.4, 0.5) is 0 Å². The van der Waals surface area contributed by atoms with E-state index in [1.165, 1.54) is 12.2 Å². The van der Waals surface area contributed by atoms with Crippen LogP contribution in [0.15, 0.2) is 85.1 Å². The standard InChI is InChI=1S/C31H37NO7/c1-6-17-38-29(33)27-23(32-16-15-21-13-14-24(36-4)25(19-21)37-5)20-31(3,35)28(30(34)39-18-7-2)26(27)22-11-9-8-10-12-22/h6-14,19,26,28,32,35H,1-2,15-18,20H2,3-5H3/t26-,28-,31-/m0/s1. The summed E-state index contributed by atoms with van der Waals surface area (Å²) in [5, 5.41) is 15.0. The number of esters is 2. The lowest BCUT2D eigenvalue weighted by Gasteiger charge is -2.43. The van der Waals surface area contributed by atoms with Gasteiger partial charge in [-0.2, -0.15) is 0 Å². The van der Waals surface area contributed by atoms with Gasteiger partial charge >= 0.3 is 11.9 Å². The molecule has 8 heteroatoms. The number of carbonyl (C=O) groups excluding carboxylic acids is 2. The molecule has 3 rings (SSSR count). The molecule has 1 aliphatic rings. The Hall–Kier alpha value is -4.04. The highest BCUT2D eigenvalue weighted by molar-refractivity contribution is 5.94. The monoisotopic (exact) mass is 535 g/mol. The summed E-state index contributed by atoms with van der Waals surface area (Å²) >= 11 is 0. The van der Waals surface area contributed by atoms with Crippen molar-refractivity contribution in [3.05, 3.63) is 96.2 Å². The molecule has 0 bridgehead atoms. The van der Waals surface area contributed by atoms with Crippen molar-refractivity contribution in [1.82, 2.24) is 5.32 Å². The van der Waals surface area contributed by atoms with Crippen LogP contribution in [-0.4, -0.2) is 56.6 Å². The molecular weight excluding hydrogens is 498 g/mol. The molecule has 2 aromatic carbocycles. The number of aliphatic hydroxyl groups is 1. The van der Waals surface area contributed by atoms with Crippen LogP contribution in [0.3, 0.4) is 0 Å². The van der Waals surface area contributed by atoms with E-state index in [-0.39, 0.29) is 25.2 Å². The number of rotatable bonds is 13. The van der Waals surface area contributed by atoms with Crippen LogP contribution in [0.5, 0.6) is 11.5 Å². The van der Waals surface area contributed by atoms with Crippen LogP contribution in [0.2, 0.25) is 0 Å². The third-order valence-corrected chi connectivity index (χ3v) is 6.68. The molecule has 0 saturated carbocycles. The summed E-state index contributed by atoms with van der Waals surface area (Å²) in [6.45, 7) is 9.27. The van der Waals surface area contributed by atoms with Crippen LogP contribution >= 0.6 is 0 Å². The zero-order chi connectivity index (χ0) is 28.4. The maximum absolute atomic E-state index is 13.5. The third-order valence-electron chi connectivity index (χ3n) is 6.68. The van der Waals surface area contributed by atoms with E-state index in [1.54, 1.807) is 21.1 Å². The Kier molecular flexibility index (Phi) is 10.3. The average Bonchev–Trinajstić information content (AvgIpc) is 2.94. The first kappa shape index (κ1) is 29.5. The van der Waals surface area contributed by atoms with Gasteiger partial charge < -0.3 is 29.4 Å². The summed E-state index contributed by atoms with van der Waals surface area (Å²) in [5.74, 6) is -1.82. The fraction of sp³-hybridized carbons (Fsp3) is 0.355. The van der Waals surface area contributed by atoms with Crippen molar-refractivity contribution in [1.29, 1.82) is 0 Å². The first-order valence-corrected chi connectivity index (χ1v) is 12.8. The topological polar surface area (TPSA) is 103 Å². The van der Waals surface area contributed by atoms with Crippen molar-refractivity contribution in [3.63, 3.8) is 0 Å². The summed E-state index contributed by atoms with van der Waals surface area (Å²) < 4.78 is 21.6. The van der Waals surface area contributed by atoms with Crippen LogP contribution in [-0.2, 0) is 25.5 Å². The summed E-state index contributed by atoms with van der Waals surface area (Å²) in [4.78, 5) is 26.8. The van der Waals surface area contributed by atoms with Crippen molar-refractivity contribution in [2.45, 2.75) is 31.3 Å². The third kappa shape index (κ3) is 7.09. The summed E-state index contributed by atoms with van der Waals surface area (Å²) in [5.41, 5.74) is 0.943. The van der Waals surface area contributed by atoms with Crippen LogP contribution < -0.4 is 14.8 Å². The Morgan fingerprint density at radius 2 is 1.69 bits per heavy atom. The Morgan fingerprint density at radius 3 is 2.33 bits per heavy atom. The summed E-state index contributed by atoms with van der Waals surface area (Å²) in [7, 11) is 3.16. The maximum Gasteiger partial charge on any atom is 0.336 e. The van der Waals surface area contributed by atoms with E-state index in [0.29, 0.717) is 35.7 Å². The number of hydrogen-bond acceptors (Lipinski definition) is 8. The molecule has 8 nitrogen and oxygen atoms in total. The molecule has 208 valence electrons. The van der Waals surface area contributed by atoms with Crippen LogP contribution in [0, 0.1) is 5.92 Å². The molecule has 3 atom stereocenters. The van der Waals surface area contributed by atoms with Crippen molar-refractivity contribution in [2.75, 3.05) is 34.0 Å². The van der Waals surface area contributed by atoms with Crippen molar-refractivity contribution in [3.8, 4) is 11.5 Å². The number of hydrogen-bond donors (Lipinski definition) is 2. The Morgan fingerprint density at radius 1 is 1.03 bits per heavy atom. The second kappa shape index (κ2) is 13.7. The second-order valence-corrected chi connectivity index (χ2v) is 9.46. The van der Waals surface area contributed by atoms with Crippen molar-refractivity contribution < 1.29 is 33.6 Å². The van der Waals surface area contributed by atoms with Gasteiger partial charge in [-0.15, -0.1) is 0 Å². The highest BCUT2D eigenvalue weighted by Gasteiger charge is 2.52. The molecule has 0 saturated heterocycles. The predicted molar refractivity (Wildman–Crippen MR) is 149 cm³/mol. The van der Waals surface area contributed by atoms with Crippen LogP contribution in [0.25, 0.3) is 0 Å². The summed E-state index contributed by atoms with van der Waals surface area (Å²) in [6, 6.07) is 14.8. The number of nitrogens with one attached hydrogen (secondary N) is 1. The fourth-order valence-electron chi connectivity index (χ4n) is 4.93. The number of ether oxygens (including phenoxy) is 4. The maximum atomic E-state index is 13.5. The molecule has 0 aromatic heterocycles. The number of benzene rings is 2. The fourth-order valence-corrected chi connectivity index (χ4v) is 4.93. The van der Waals surface area contributed by atoms with E-state index in [1.807, 2.05) is 48.5 Å². The molecular formula is C31H37NO7. The minimum atomic E-state index is -1.52. The highest BCUT2D eigenvalue weighted by atomic mass is 16.5. The van der Waals surface area contributed by atoms with Gasteiger partial charge in [0.1, 0.15) is 13.2 Å². The van der Waals surface area contributed by atoms with Crippen molar-refractivity contribution >= 4 is 11.9 Å². The normalized spacial score (nSPS) is 20.5. The van der Waals surface area contributed by atoms with Gasteiger partial charge in [0.15, 0.2) is 11.5 Å². The zero-order valence-corrected chi connectivity index (χ0v) is 22.8. The molecule has 0 heterocycles. The first-order valence-electron chi connectivity index (χ1n) is 12.8. The predicted octanol–water partition coefficient (Wildman–Crippen LogP) is 4.10. The van der Waals surface area contributed by atoms with Gasteiger partial charge in [-0.05, 0) is 36.6 Å². The molecule has 1 aliphatic carbocycles. The Balaban J connectivity index is 2.03. The minimum absolute atomic E-state index is 0.00470. The van der Waals surface area contributed by atoms with Gasteiger partial charge in [-0.25, -0.2) is 4.79 Å². The Bertz CT molecular complexity index is 1200. The smallest absolute Gasteiger partial charge is 0.336 e. The Labute approximate surface area is 229 Å². The minimum Gasteiger partial charge on any atom is -0.493 e. The largest absolute Gasteiger partial charge is 0.493 e. The van der Waals surface area contributed by atoms with Gasteiger partial charge in [-0.1, -0.05) is 61.7 Å². The molecule has 0 amide bonds. The van der Waals surface area contributed by atoms with E-state index >= 15 is 0 Å². The molecule has 2 N–H and O–H groups in total. The molecule has 0 radical (unpaired) electrons. The molecule has 39 heavy (non-hydrogen) atoms. The molecule has 0 unspecified atom stereocenters. The number of methoxy groups -OCH3 is 2. The summed E-state index contributed by atoms with van der Waals surface area (Å²) in [6.07, 6.45) is 3.56. The number of carbonyl (C=O) groups is 2. The van der Waals surface area contributed by atoms with Gasteiger partial charge in [0.05, 0.1) is 31.3 Å². The van der Waals surface area contributed by atoms with E-state index in [4.69, 9.17) is 18.9 Å². The van der Waals surface area contributed by atoms with E-state index < -0.39 is 29.4 Å². The molecule has 0 fully saturated rings. The SMILES string of the molecule is C=CCOC(=O)C1=C(NCCc2ccc(OC)c(OC)c2)C[C@](C)(O)[C@H](C(=O)OCC=C)[C@H]1c1ccccc1. The van der Waals surface area contributed by atoms with E-state index in [0.717, 1.165) is 5.56 Å². The van der Waals surface area contributed by atoms with Gasteiger partial charge in [0.25, 0.3) is 0 Å². The lowest BCUT2D eigenvalue weighted by Crippen LogP contribution is -2.50. The van der Waals surface area contributed by atoms with Gasteiger partial charge in [0.2, 0.25) is 0 Å². The van der Waals surface area contributed by atoms with Crippen molar-refractivity contribution in [2.24, 2.45) is 5.92 Å². The van der Waals surface area contributed by atoms with Gasteiger partial charge in [-0.3, -0.25) is 4.79 Å². The average molecular weight is 536 g/mol. The first-order chi connectivity index (χ1) is 18.8.